The maximum atomic E-state index is 13.1. The fourth-order valence-corrected chi connectivity index (χ4v) is 3.95. The monoisotopic (exact) mass is 382 g/mol. The highest BCUT2D eigenvalue weighted by Gasteiger charge is 2.25. The molecule has 0 radical (unpaired) electrons. The average Bonchev–Trinajstić information content (AvgIpc) is 3.16. The molecule has 142 valence electrons. The molecule has 0 saturated carbocycles. The maximum Gasteiger partial charge on any atom is 0.270 e. The largest absolute Gasteiger partial charge is 0.337 e. The normalized spacial score (nSPS) is 17.7. The van der Waals surface area contributed by atoms with E-state index in [-0.39, 0.29) is 11.8 Å². The Morgan fingerprint density at radius 2 is 2.04 bits per heavy atom. The lowest BCUT2D eigenvalue weighted by Gasteiger charge is -2.31. The molecule has 1 aliphatic heterocycles. The Balaban J connectivity index is 1.84. The number of nitrogens with zero attached hydrogens (tertiary/aromatic N) is 1. The van der Waals surface area contributed by atoms with Crippen LogP contribution in [0.1, 0.15) is 46.1 Å². The molecule has 2 heterocycles. The number of hydrogen-bond donors (Lipinski definition) is 1. The third kappa shape index (κ3) is 4.86. The zero-order valence-electron chi connectivity index (χ0n) is 16.1. The van der Waals surface area contributed by atoms with E-state index in [4.69, 9.17) is 0 Å². The number of thiophene rings is 1. The van der Waals surface area contributed by atoms with Crippen LogP contribution in [0, 0.1) is 19.8 Å². The third-order valence-corrected chi connectivity index (χ3v) is 5.84. The first kappa shape index (κ1) is 19.4. The van der Waals surface area contributed by atoms with Crippen LogP contribution in [0.2, 0.25) is 0 Å². The summed E-state index contributed by atoms with van der Waals surface area (Å²) in [5.41, 5.74) is 3.10. The van der Waals surface area contributed by atoms with Crippen molar-refractivity contribution in [1.29, 1.82) is 0 Å². The Morgan fingerprint density at radius 1 is 1.22 bits per heavy atom. The summed E-state index contributed by atoms with van der Waals surface area (Å²) in [6.45, 7) is 7.63. The van der Waals surface area contributed by atoms with Gasteiger partial charge in [0, 0.05) is 23.5 Å². The van der Waals surface area contributed by atoms with Crippen LogP contribution in [-0.2, 0) is 4.79 Å². The highest BCUT2D eigenvalue weighted by molar-refractivity contribution is 7.10. The summed E-state index contributed by atoms with van der Waals surface area (Å²) in [7, 11) is 0. The van der Waals surface area contributed by atoms with Gasteiger partial charge >= 0.3 is 0 Å². The van der Waals surface area contributed by atoms with Gasteiger partial charge in [-0.25, -0.2) is 0 Å². The van der Waals surface area contributed by atoms with Crippen molar-refractivity contribution < 1.29 is 9.59 Å². The highest BCUT2D eigenvalue weighted by atomic mass is 32.1. The number of amides is 2. The first-order valence-corrected chi connectivity index (χ1v) is 10.2. The third-order valence-electron chi connectivity index (χ3n) is 5.02. The Labute approximate surface area is 164 Å². The SMILES string of the molecule is Cc1ccc(C(=O)N/C(=C\c2cccs2)C(=O)N2CCC[C@H](C)C2)cc1C. The van der Waals surface area contributed by atoms with Crippen molar-refractivity contribution in [1.82, 2.24) is 10.2 Å². The fourth-order valence-electron chi connectivity index (χ4n) is 3.29. The molecule has 1 aromatic carbocycles. The van der Waals surface area contributed by atoms with Gasteiger partial charge in [-0.3, -0.25) is 9.59 Å². The van der Waals surface area contributed by atoms with E-state index in [1.807, 2.05) is 48.4 Å². The Hall–Kier alpha value is -2.40. The van der Waals surface area contributed by atoms with Crippen LogP contribution in [0.15, 0.2) is 41.4 Å². The minimum atomic E-state index is -0.251. The van der Waals surface area contributed by atoms with Gasteiger partial charge in [-0.2, -0.15) is 0 Å². The van der Waals surface area contributed by atoms with Crippen LogP contribution in [0.5, 0.6) is 0 Å². The molecule has 1 saturated heterocycles. The topological polar surface area (TPSA) is 49.4 Å². The molecule has 0 spiro atoms. The van der Waals surface area contributed by atoms with E-state index in [2.05, 4.69) is 12.2 Å². The summed E-state index contributed by atoms with van der Waals surface area (Å²) in [5.74, 6) is 0.132. The molecule has 1 aliphatic rings. The molecule has 1 fully saturated rings. The minimum Gasteiger partial charge on any atom is -0.337 e. The number of rotatable bonds is 4. The number of benzene rings is 1. The van der Waals surface area contributed by atoms with Crippen molar-refractivity contribution in [3.05, 3.63) is 63.0 Å². The number of likely N-dealkylation sites (tertiary alicyclic amines) is 1. The molecular weight excluding hydrogens is 356 g/mol. The predicted octanol–water partition coefficient (Wildman–Crippen LogP) is 4.39. The first-order valence-electron chi connectivity index (χ1n) is 9.37. The summed E-state index contributed by atoms with van der Waals surface area (Å²) in [6.07, 6.45) is 3.93. The smallest absolute Gasteiger partial charge is 0.270 e. The van der Waals surface area contributed by atoms with E-state index < -0.39 is 0 Å². The van der Waals surface area contributed by atoms with Crippen molar-refractivity contribution in [2.75, 3.05) is 13.1 Å². The molecule has 2 aromatic rings. The zero-order valence-corrected chi connectivity index (χ0v) is 16.9. The summed E-state index contributed by atoms with van der Waals surface area (Å²) >= 11 is 1.54. The number of piperidine rings is 1. The molecule has 27 heavy (non-hydrogen) atoms. The lowest BCUT2D eigenvalue weighted by atomic mass is 10.00. The van der Waals surface area contributed by atoms with E-state index in [1.165, 1.54) is 0 Å². The summed E-state index contributed by atoms with van der Waals surface area (Å²) in [6, 6.07) is 9.47. The number of carbonyl (C=O) groups excluding carboxylic acids is 2. The van der Waals surface area contributed by atoms with E-state index in [0.717, 1.165) is 41.9 Å². The van der Waals surface area contributed by atoms with Gasteiger partial charge in [-0.1, -0.05) is 19.1 Å². The van der Waals surface area contributed by atoms with E-state index in [0.29, 0.717) is 17.2 Å². The van der Waals surface area contributed by atoms with E-state index in [9.17, 15) is 9.59 Å². The number of nitrogens with one attached hydrogen (secondary N) is 1. The van der Waals surface area contributed by atoms with Gasteiger partial charge in [0.1, 0.15) is 5.70 Å². The Kier molecular flexibility index (Phi) is 6.11. The predicted molar refractivity (Wildman–Crippen MR) is 111 cm³/mol. The van der Waals surface area contributed by atoms with Crippen molar-refractivity contribution in [3.63, 3.8) is 0 Å². The second-order valence-electron chi connectivity index (χ2n) is 7.33. The summed E-state index contributed by atoms with van der Waals surface area (Å²) < 4.78 is 0. The van der Waals surface area contributed by atoms with Crippen LogP contribution < -0.4 is 5.32 Å². The summed E-state index contributed by atoms with van der Waals surface area (Å²) in [4.78, 5) is 28.7. The van der Waals surface area contributed by atoms with Crippen LogP contribution in [0.3, 0.4) is 0 Å². The van der Waals surface area contributed by atoms with Gasteiger partial charge in [0.2, 0.25) is 0 Å². The van der Waals surface area contributed by atoms with Crippen molar-refractivity contribution >= 4 is 29.2 Å². The number of carbonyl (C=O) groups is 2. The lowest BCUT2D eigenvalue weighted by Crippen LogP contribution is -2.43. The Bertz CT molecular complexity index is 855. The maximum absolute atomic E-state index is 13.1. The Morgan fingerprint density at radius 3 is 2.70 bits per heavy atom. The second-order valence-corrected chi connectivity index (χ2v) is 8.30. The first-order chi connectivity index (χ1) is 12.9. The van der Waals surface area contributed by atoms with Crippen LogP contribution >= 0.6 is 11.3 Å². The van der Waals surface area contributed by atoms with E-state index in [1.54, 1.807) is 23.5 Å². The lowest BCUT2D eigenvalue weighted by molar-refractivity contribution is -0.129. The van der Waals surface area contributed by atoms with Crippen LogP contribution in [0.25, 0.3) is 6.08 Å². The zero-order chi connectivity index (χ0) is 19.4. The van der Waals surface area contributed by atoms with Crippen molar-refractivity contribution in [2.45, 2.75) is 33.6 Å². The minimum absolute atomic E-state index is 0.105. The molecule has 0 aliphatic carbocycles. The molecule has 0 bridgehead atoms. The second kappa shape index (κ2) is 8.53. The highest BCUT2D eigenvalue weighted by Crippen LogP contribution is 2.20. The molecule has 4 nitrogen and oxygen atoms in total. The molecule has 3 rings (SSSR count). The van der Waals surface area contributed by atoms with E-state index >= 15 is 0 Å². The van der Waals surface area contributed by atoms with Crippen molar-refractivity contribution in [2.24, 2.45) is 5.92 Å². The van der Waals surface area contributed by atoms with Gasteiger partial charge in [0.15, 0.2) is 0 Å². The van der Waals surface area contributed by atoms with Gasteiger partial charge < -0.3 is 10.2 Å². The average molecular weight is 383 g/mol. The number of hydrogen-bond acceptors (Lipinski definition) is 3. The molecule has 1 atom stereocenters. The fraction of sp³-hybridized carbons (Fsp3) is 0.364. The van der Waals surface area contributed by atoms with Crippen LogP contribution in [0.4, 0.5) is 0 Å². The van der Waals surface area contributed by atoms with Gasteiger partial charge in [-0.05, 0) is 73.4 Å². The molecule has 1 aromatic heterocycles. The summed E-state index contributed by atoms with van der Waals surface area (Å²) in [5, 5.41) is 4.83. The standard InChI is InChI=1S/C22H26N2O2S/c1-15-6-4-10-24(14-15)22(26)20(13-19-7-5-11-27-19)23-21(25)18-9-8-16(2)17(3)12-18/h5,7-9,11-13,15H,4,6,10,14H2,1-3H3,(H,23,25)/b20-13-/t15-/m0/s1. The molecule has 5 heteroatoms. The van der Waals surface area contributed by atoms with Gasteiger partial charge in [0.05, 0.1) is 0 Å². The molecule has 0 unspecified atom stereocenters. The molecule has 1 N–H and O–H groups in total. The molecule has 2 amide bonds. The van der Waals surface area contributed by atoms with Crippen LogP contribution in [-0.4, -0.2) is 29.8 Å². The van der Waals surface area contributed by atoms with Gasteiger partial charge in [0.25, 0.3) is 11.8 Å². The van der Waals surface area contributed by atoms with Crippen molar-refractivity contribution in [3.8, 4) is 0 Å². The number of aryl methyl sites for hydroxylation is 2. The van der Waals surface area contributed by atoms with Gasteiger partial charge in [-0.15, -0.1) is 11.3 Å². The quantitative estimate of drug-likeness (QED) is 0.797. The molecular formula is C22H26N2O2S.